The van der Waals surface area contributed by atoms with E-state index in [2.05, 4.69) is 11.3 Å². The standard InChI is InChI=1S/C13H10F3NO3/c1-8(11(18)17-6-7-20-12(17)19)9-2-4-10(5-3-9)13(14,15)16/h2-5H,1,6-7H2. The zero-order chi connectivity index (χ0) is 14.9. The first-order chi connectivity index (χ1) is 9.30. The van der Waals surface area contributed by atoms with Crippen molar-refractivity contribution in [2.75, 3.05) is 13.2 Å². The number of cyclic esters (lactones) is 1. The van der Waals surface area contributed by atoms with E-state index in [1.165, 1.54) is 0 Å². The summed E-state index contributed by atoms with van der Waals surface area (Å²) in [5.41, 5.74) is -0.651. The number of rotatable bonds is 2. The Balaban J connectivity index is 2.17. The van der Waals surface area contributed by atoms with E-state index in [1.54, 1.807) is 0 Å². The SMILES string of the molecule is C=C(C(=O)N1CCOC1=O)c1ccc(C(F)(F)F)cc1. The topological polar surface area (TPSA) is 46.6 Å². The van der Waals surface area contributed by atoms with Gasteiger partial charge in [0.2, 0.25) is 0 Å². The van der Waals surface area contributed by atoms with Crippen molar-refractivity contribution in [3.05, 3.63) is 42.0 Å². The summed E-state index contributed by atoms with van der Waals surface area (Å²) < 4.78 is 41.9. The third-order valence-corrected chi connectivity index (χ3v) is 2.82. The van der Waals surface area contributed by atoms with Crippen molar-refractivity contribution in [3.63, 3.8) is 0 Å². The van der Waals surface area contributed by atoms with E-state index >= 15 is 0 Å². The Morgan fingerprint density at radius 1 is 1.25 bits per heavy atom. The number of amides is 2. The van der Waals surface area contributed by atoms with Gasteiger partial charge in [0.05, 0.1) is 12.1 Å². The molecule has 0 radical (unpaired) electrons. The number of ether oxygens (including phenoxy) is 1. The lowest BCUT2D eigenvalue weighted by atomic mass is 10.0. The maximum atomic E-state index is 12.4. The number of halogens is 3. The molecule has 0 spiro atoms. The molecule has 0 atom stereocenters. The lowest BCUT2D eigenvalue weighted by Crippen LogP contribution is -2.32. The summed E-state index contributed by atoms with van der Waals surface area (Å²) in [4.78, 5) is 24.0. The second kappa shape index (κ2) is 4.99. The molecule has 1 aliphatic heterocycles. The molecule has 0 saturated carbocycles. The first kappa shape index (κ1) is 14.1. The van der Waals surface area contributed by atoms with Crippen LogP contribution in [0.4, 0.5) is 18.0 Å². The van der Waals surface area contributed by atoms with Crippen molar-refractivity contribution in [2.24, 2.45) is 0 Å². The summed E-state index contributed by atoms with van der Waals surface area (Å²) in [6, 6.07) is 4.00. The summed E-state index contributed by atoms with van der Waals surface area (Å²) >= 11 is 0. The number of hydrogen-bond acceptors (Lipinski definition) is 3. The fraction of sp³-hybridized carbons (Fsp3) is 0.231. The molecule has 4 nitrogen and oxygen atoms in total. The molecule has 2 rings (SSSR count). The van der Waals surface area contributed by atoms with Crippen LogP contribution in [0.2, 0.25) is 0 Å². The largest absolute Gasteiger partial charge is 0.447 e. The summed E-state index contributed by atoms with van der Waals surface area (Å²) in [5, 5.41) is 0. The van der Waals surface area contributed by atoms with Crippen LogP contribution in [0.5, 0.6) is 0 Å². The van der Waals surface area contributed by atoms with E-state index in [4.69, 9.17) is 0 Å². The maximum Gasteiger partial charge on any atom is 0.416 e. The van der Waals surface area contributed by atoms with E-state index < -0.39 is 23.7 Å². The van der Waals surface area contributed by atoms with Crippen LogP contribution >= 0.6 is 0 Å². The summed E-state index contributed by atoms with van der Waals surface area (Å²) in [7, 11) is 0. The van der Waals surface area contributed by atoms with Gasteiger partial charge in [-0.15, -0.1) is 0 Å². The molecule has 2 amide bonds. The van der Waals surface area contributed by atoms with Crippen LogP contribution < -0.4 is 0 Å². The monoisotopic (exact) mass is 285 g/mol. The molecule has 7 heteroatoms. The summed E-state index contributed by atoms with van der Waals surface area (Å²) in [6.45, 7) is 3.73. The minimum Gasteiger partial charge on any atom is -0.447 e. The van der Waals surface area contributed by atoms with Crippen molar-refractivity contribution in [1.82, 2.24) is 4.90 Å². The molecule has 20 heavy (non-hydrogen) atoms. The number of nitrogens with zero attached hydrogens (tertiary/aromatic N) is 1. The molecule has 1 heterocycles. The van der Waals surface area contributed by atoms with E-state index in [0.29, 0.717) is 0 Å². The van der Waals surface area contributed by atoms with Crippen LogP contribution in [0.1, 0.15) is 11.1 Å². The third-order valence-electron chi connectivity index (χ3n) is 2.82. The van der Waals surface area contributed by atoms with Gasteiger partial charge in [0.15, 0.2) is 0 Å². The predicted octanol–water partition coefficient (Wildman–Crippen LogP) is 2.70. The van der Waals surface area contributed by atoms with Gasteiger partial charge in [0.1, 0.15) is 6.61 Å². The van der Waals surface area contributed by atoms with Crippen LogP contribution in [0, 0.1) is 0 Å². The van der Waals surface area contributed by atoms with Gasteiger partial charge in [-0.05, 0) is 17.7 Å². The van der Waals surface area contributed by atoms with Crippen LogP contribution in [0.15, 0.2) is 30.8 Å². The van der Waals surface area contributed by atoms with Gasteiger partial charge in [-0.2, -0.15) is 13.2 Å². The molecule has 106 valence electrons. The Hall–Kier alpha value is -2.31. The van der Waals surface area contributed by atoms with E-state index in [1.807, 2.05) is 0 Å². The molecule has 0 aromatic heterocycles. The van der Waals surface area contributed by atoms with Crippen LogP contribution in [-0.4, -0.2) is 30.1 Å². The van der Waals surface area contributed by atoms with Crippen molar-refractivity contribution >= 4 is 17.6 Å². The first-order valence-corrected chi connectivity index (χ1v) is 5.66. The average molecular weight is 285 g/mol. The highest BCUT2D eigenvalue weighted by Gasteiger charge is 2.32. The minimum atomic E-state index is -4.44. The Morgan fingerprint density at radius 3 is 2.30 bits per heavy atom. The van der Waals surface area contributed by atoms with Gasteiger partial charge in [-0.1, -0.05) is 18.7 Å². The Kier molecular flexibility index (Phi) is 3.52. The van der Waals surface area contributed by atoms with Crippen molar-refractivity contribution in [1.29, 1.82) is 0 Å². The number of benzene rings is 1. The fourth-order valence-corrected chi connectivity index (χ4v) is 1.72. The second-order valence-corrected chi connectivity index (χ2v) is 4.12. The molecular weight excluding hydrogens is 275 g/mol. The summed E-state index contributed by atoms with van der Waals surface area (Å²) in [6.07, 6.45) is -5.22. The molecule has 1 fully saturated rings. The quantitative estimate of drug-likeness (QED) is 0.785. The molecule has 1 aliphatic rings. The Bertz CT molecular complexity index is 563. The number of imide groups is 1. The molecule has 0 bridgehead atoms. The number of hydrogen-bond donors (Lipinski definition) is 0. The molecule has 1 saturated heterocycles. The Morgan fingerprint density at radius 2 is 1.85 bits per heavy atom. The van der Waals surface area contributed by atoms with E-state index in [-0.39, 0.29) is 24.3 Å². The van der Waals surface area contributed by atoms with Gasteiger partial charge < -0.3 is 4.74 Å². The highest BCUT2D eigenvalue weighted by molar-refractivity contribution is 6.22. The van der Waals surface area contributed by atoms with Crippen LogP contribution in [-0.2, 0) is 15.7 Å². The van der Waals surface area contributed by atoms with Crippen LogP contribution in [0.3, 0.4) is 0 Å². The van der Waals surface area contributed by atoms with Gasteiger partial charge in [0, 0.05) is 5.57 Å². The highest BCUT2D eigenvalue weighted by Crippen LogP contribution is 2.30. The number of carbonyl (C=O) groups is 2. The smallest absolute Gasteiger partial charge is 0.416 e. The molecular formula is C13H10F3NO3. The second-order valence-electron chi connectivity index (χ2n) is 4.12. The molecule has 1 aromatic rings. The number of carbonyl (C=O) groups excluding carboxylic acids is 2. The van der Waals surface area contributed by atoms with Gasteiger partial charge in [-0.3, -0.25) is 4.79 Å². The Labute approximate surface area is 112 Å². The maximum absolute atomic E-state index is 12.4. The highest BCUT2D eigenvalue weighted by atomic mass is 19.4. The average Bonchev–Trinajstić information content (AvgIpc) is 2.82. The number of alkyl halides is 3. The first-order valence-electron chi connectivity index (χ1n) is 5.66. The van der Waals surface area contributed by atoms with E-state index in [9.17, 15) is 22.8 Å². The third kappa shape index (κ3) is 2.66. The minimum absolute atomic E-state index is 0.0578. The van der Waals surface area contributed by atoms with Crippen molar-refractivity contribution < 1.29 is 27.5 Å². The van der Waals surface area contributed by atoms with E-state index in [0.717, 1.165) is 29.2 Å². The molecule has 0 N–H and O–H groups in total. The molecule has 0 unspecified atom stereocenters. The van der Waals surface area contributed by atoms with Gasteiger partial charge >= 0.3 is 12.3 Å². The van der Waals surface area contributed by atoms with Crippen molar-refractivity contribution in [2.45, 2.75) is 6.18 Å². The lowest BCUT2D eigenvalue weighted by Gasteiger charge is -2.13. The van der Waals surface area contributed by atoms with Gasteiger partial charge in [-0.25, -0.2) is 9.69 Å². The lowest BCUT2D eigenvalue weighted by molar-refractivity contribution is -0.137. The predicted molar refractivity (Wildman–Crippen MR) is 63.5 cm³/mol. The molecule has 0 aliphatic carbocycles. The fourth-order valence-electron chi connectivity index (χ4n) is 1.72. The zero-order valence-electron chi connectivity index (χ0n) is 10.2. The zero-order valence-corrected chi connectivity index (χ0v) is 10.2. The van der Waals surface area contributed by atoms with Gasteiger partial charge in [0.25, 0.3) is 5.91 Å². The summed E-state index contributed by atoms with van der Waals surface area (Å²) in [5.74, 6) is -0.674. The normalized spacial score (nSPS) is 15.2. The van der Waals surface area contributed by atoms with Crippen LogP contribution in [0.25, 0.3) is 5.57 Å². The van der Waals surface area contributed by atoms with Crippen molar-refractivity contribution in [3.8, 4) is 0 Å². The molecule has 1 aromatic carbocycles.